The van der Waals surface area contributed by atoms with Crippen LogP contribution in [0, 0.1) is 5.82 Å². The van der Waals surface area contributed by atoms with Gasteiger partial charge in [0.05, 0.1) is 12.4 Å². The number of hydrogen-bond donors (Lipinski definition) is 0. The van der Waals surface area contributed by atoms with Gasteiger partial charge in [-0.15, -0.1) is 10.2 Å². The summed E-state index contributed by atoms with van der Waals surface area (Å²) < 4.78 is 19.0. The van der Waals surface area contributed by atoms with Crippen molar-refractivity contribution >= 4 is 17.3 Å². The summed E-state index contributed by atoms with van der Waals surface area (Å²) >= 11 is 0. The maximum atomic E-state index is 13.8. The van der Waals surface area contributed by atoms with E-state index in [1.807, 2.05) is 0 Å². The molecule has 0 spiro atoms. The van der Waals surface area contributed by atoms with Gasteiger partial charge in [-0.3, -0.25) is 19.6 Å². The highest BCUT2D eigenvalue weighted by Gasteiger charge is 2.29. The van der Waals surface area contributed by atoms with Gasteiger partial charge in [-0.25, -0.2) is 4.39 Å². The number of hydrogen-bond acceptors (Lipinski definition) is 6. The number of fused-ring (bicyclic) bond motifs is 1. The monoisotopic (exact) mass is 329 g/mol. The molecule has 0 aliphatic carbocycles. The first kappa shape index (κ1) is 14.9. The number of amides is 1. The third kappa shape index (κ3) is 2.69. The summed E-state index contributed by atoms with van der Waals surface area (Å²) in [5.74, 6) is -0.363. The van der Waals surface area contributed by atoms with Crippen LogP contribution in [-0.4, -0.2) is 53.0 Å². The van der Waals surface area contributed by atoms with Crippen LogP contribution in [0.4, 0.5) is 10.1 Å². The average molecular weight is 329 g/mol. The molecule has 0 N–H and O–H groups in total. The molecule has 0 unspecified atom stereocenters. The number of carbonyl (C=O) groups is 1. The third-order valence-corrected chi connectivity index (χ3v) is 4.28. The average Bonchev–Trinajstić information content (AvgIpc) is 3.25. The summed E-state index contributed by atoms with van der Waals surface area (Å²) in [4.78, 5) is 20.8. The molecule has 2 aliphatic heterocycles. The second-order valence-corrected chi connectivity index (χ2v) is 5.86. The predicted octanol–water partition coefficient (Wildman–Crippen LogP) is 1.45. The smallest absolute Gasteiger partial charge is 0.266 e. The van der Waals surface area contributed by atoms with Crippen molar-refractivity contribution in [2.45, 2.75) is 12.8 Å². The van der Waals surface area contributed by atoms with Crippen LogP contribution in [0.5, 0.6) is 0 Å². The molecule has 2 aliphatic rings. The maximum Gasteiger partial charge on any atom is 0.266 e. The van der Waals surface area contributed by atoms with E-state index in [4.69, 9.17) is 4.42 Å². The molecule has 0 atom stereocenters. The molecule has 7 nitrogen and oxygen atoms in total. The van der Waals surface area contributed by atoms with E-state index in [0.717, 1.165) is 25.9 Å². The molecule has 1 saturated heterocycles. The lowest BCUT2D eigenvalue weighted by Crippen LogP contribution is -2.41. The van der Waals surface area contributed by atoms with Gasteiger partial charge in [-0.2, -0.15) is 0 Å². The largest absolute Gasteiger partial charge is 0.422 e. The van der Waals surface area contributed by atoms with Gasteiger partial charge in [-0.05, 0) is 44.1 Å². The SMILES string of the molecule is O=C1CN=C(c2nnco2)c2cc(F)ccc2N1CN1CCCC1. The van der Waals surface area contributed by atoms with E-state index in [1.165, 1.54) is 18.5 Å². The highest BCUT2D eigenvalue weighted by Crippen LogP contribution is 2.28. The quantitative estimate of drug-likeness (QED) is 0.852. The minimum Gasteiger partial charge on any atom is -0.422 e. The minimum absolute atomic E-state index is 0.0398. The Balaban J connectivity index is 1.78. The van der Waals surface area contributed by atoms with Crippen LogP contribution < -0.4 is 4.90 Å². The van der Waals surface area contributed by atoms with Gasteiger partial charge in [0, 0.05) is 5.56 Å². The van der Waals surface area contributed by atoms with Crippen molar-refractivity contribution in [1.29, 1.82) is 0 Å². The van der Waals surface area contributed by atoms with Gasteiger partial charge in [0.1, 0.15) is 18.1 Å². The van der Waals surface area contributed by atoms with Gasteiger partial charge in [0.2, 0.25) is 12.3 Å². The van der Waals surface area contributed by atoms with Crippen molar-refractivity contribution in [3.05, 3.63) is 41.9 Å². The Morgan fingerprint density at radius 3 is 2.83 bits per heavy atom. The fourth-order valence-electron chi connectivity index (χ4n) is 3.12. The first-order valence-electron chi connectivity index (χ1n) is 7.86. The third-order valence-electron chi connectivity index (χ3n) is 4.28. The zero-order valence-corrected chi connectivity index (χ0v) is 13.0. The number of benzene rings is 1. The molecule has 1 amide bonds. The van der Waals surface area contributed by atoms with Crippen LogP contribution in [0.25, 0.3) is 0 Å². The highest BCUT2D eigenvalue weighted by molar-refractivity contribution is 6.17. The van der Waals surface area contributed by atoms with E-state index in [-0.39, 0.29) is 18.3 Å². The number of aromatic nitrogens is 2. The first-order chi connectivity index (χ1) is 11.7. The standard InChI is InChI=1S/C16H16FN5O2/c17-11-3-4-13-12(7-11)15(16-20-19-9-24-16)18-8-14(23)22(13)10-21-5-1-2-6-21/h3-4,7,9H,1-2,5-6,8,10H2. The first-order valence-corrected chi connectivity index (χ1v) is 7.86. The molecule has 1 fully saturated rings. The minimum atomic E-state index is -0.406. The number of aliphatic imine (C=N–C) groups is 1. The number of nitrogens with zero attached hydrogens (tertiary/aromatic N) is 5. The Morgan fingerprint density at radius 1 is 1.25 bits per heavy atom. The molecule has 0 saturated carbocycles. The fraction of sp³-hybridized carbons (Fsp3) is 0.375. The number of carbonyl (C=O) groups excluding carboxylic acids is 1. The van der Waals surface area contributed by atoms with Crippen molar-refractivity contribution in [3.63, 3.8) is 0 Å². The molecule has 124 valence electrons. The molecular formula is C16H16FN5O2. The molecule has 0 bridgehead atoms. The van der Waals surface area contributed by atoms with Crippen LogP contribution in [0.3, 0.4) is 0 Å². The number of rotatable bonds is 3. The topological polar surface area (TPSA) is 74.8 Å². The van der Waals surface area contributed by atoms with Crippen LogP contribution in [0.1, 0.15) is 24.3 Å². The van der Waals surface area contributed by atoms with Crippen molar-refractivity contribution in [2.24, 2.45) is 4.99 Å². The van der Waals surface area contributed by atoms with Crippen LogP contribution in [0.15, 0.2) is 34.0 Å². The second kappa shape index (κ2) is 6.12. The summed E-state index contributed by atoms with van der Waals surface area (Å²) in [5, 5.41) is 7.50. The van der Waals surface area contributed by atoms with Gasteiger partial charge in [-0.1, -0.05) is 0 Å². The Bertz CT molecular complexity index is 784. The summed E-state index contributed by atoms with van der Waals surface area (Å²) in [6.45, 7) is 2.35. The fourth-order valence-corrected chi connectivity index (χ4v) is 3.12. The normalized spacial score (nSPS) is 18.5. The second-order valence-electron chi connectivity index (χ2n) is 5.86. The Hall–Kier alpha value is -2.61. The molecule has 1 aromatic heterocycles. The van der Waals surface area contributed by atoms with E-state index in [1.54, 1.807) is 11.0 Å². The van der Waals surface area contributed by atoms with Crippen LogP contribution >= 0.6 is 0 Å². The number of likely N-dealkylation sites (tertiary alicyclic amines) is 1. The molecule has 3 heterocycles. The van der Waals surface area contributed by atoms with Crippen molar-refractivity contribution in [2.75, 3.05) is 31.2 Å². The van der Waals surface area contributed by atoms with Crippen molar-refractivity contribution in [1.82, 2.24) is 15.1 Å². The lowest BCUT2D eigenvalue weighted by atomic mass is 10.1. The summed E-state index contributed by atoms with van der Waals surface area (Å²) in [7, 11) is 0. The van der Waals surface area contributed by atoms with Crippen LogP contribution in [-0.2, 0) is 4.79 Å². The van der Waals surface area contributed by atoms with E-state index in [0.29, 0.717) is 23.6 Å². The number of halogens is 1. The zero-order chi connectivity index (χ0) is 16.5. The lowest BCUT2D eigenvalue weighted by Gasteiger charge is -2.27. The molecule has 2 aromatic rings. The van der Waals surface area contributed by atoms with Gasteiger partial charge in [0.15, 0.2) is 0 Å². The molecule has 8 heteroatoms. The van der Waals surface area contributed by atoms with Gasteiger partial charge < -0.3 is 4.42 Å². The van der Waals surface area contributed by atoms with Gasteiger partial charge >= 0.3 is 0 Å². The Morgan fingerprint density at radius 2 is 2.08 bits per heavy atom. The predicted molar refractivity (Wildman–Crippen MR) is 84.4 cm³/mol. The molecule has 1 aromatic carbocycles. The molecular weight excluding hydrogens is 313 g/mol. The van der Waals surface area contributed by atoms with E-state index in [2.05, 4.69) is 20.1 Å². The van der Waals surface area contributed by atoms with E-state index in [9.17, 15) is 9.18 Å². The number of anilines is 1. The summed E-state index contributed by atoms with van der Waals surface area (Å²) in [5.41, 5.74) is 1.45. The summed E-state index contributed by atoms with van der Waals surface area (Å²) in [6, 6.07) is 4.31. The van der Waals surface area contributed by atoms with E-state index < -0.39 is 5.82 Å². The zero-order valence-electron chi connectivity index (χ0n) is 13.0. The lowest BCUT2D eigenvalue weighted by molar-refractivity contribution is -0.117. The highest BCUT2D eigenvalue weighted by atomic mass is 19.1. The molecule has 24 heavy (non-hydrogen) atoms. The Labute approximate surface area is 137 Å². The van der Waals surface area contributed by atoms with Crippen LogP contribution in [0.2, 0.25) is 0 Å². The van der Waals surface area contributed by atoms with E-state index >= 15 is 0 Å². The maximum absolute atomic E-state index is 13.8. The summed E-state index contributed by atoms with van der Waals surface area (Å²) in [6.07, 6.45) is 3.44. The van der Waals surface area contributed by atoms with Gasteiger partial charge in [0.25, 0.3) is 5.89 Å². The molecule has 4 rings (SSSR count). The Kier molecular flexibility index (Phi) is 3.81. The van der Waals surface area contributed by atoms with Crippen molar-refractivity contribution in [3.8, 4) is 0 Å². The molecule has 0 radical (unpaired) electrons. The number of benzodiazepines with no additional fused rings is 1. The van der Waals surface area contributed by atoms with Crippen molar-refractivity contribution < 1.29 is 13.6 Å².